The van der Waals surface area contributed by atoms with Gasteiger partial charge in [-0.05, 0) is 18.4 Å². The second kappa shape index (κ2) is 4.59. The van der Waals surface area contributed by atoms with Crippen molar-refractivity contribution in [1.29, 1.82) is 0 Å². The van der Waals surface area contributed by atoms with Gasteiger partial charge < -0.3 is 5.32 Å². The van der Waals surface area contributed by atoms with Gasteiger partial charge in [-0.1, -0.05) is 6.07 Å². The zero-order valence-corrected chi connectivity index (χ0v) is 9.79. The molecule has 15 heavy (non-hydrogen) atoms. The highest BCUT2D eigenvalue weighted by atomic mass is 32.1. The van der Waals surface area contributed by atoms with Crippen molar-refractivity contribution >= 4 is 11.3 Å². The van der Waals surface area contributed by atoms with Gasteiger partial charge in [0, 0.05) is 36.3 Å². The zero-order chi connectivity index (χ0) is 10.7. The molecule has 80 valence electrons. The van der Waals surface area contributed by atoms with E-state index in [-0.39, 0.29) is 0 Å². The van der Waals surface area contributed by atoms with Crippen molar-refractivity contribution in [2.24, 2.45) is 7.05 Å². The molecular weight excluding hydrogens is 206 g/mol. The van der Waals surface area contributed by atoms with E-state index in [1.165, 1.54) is 10.4 Å². The Kier molecular flexibility index (Phi) is 3.18. The van der Waals surface area contributed by atoms with Crippen molar-refractivity contribution in [2.75, 3.05) is 0 Å². The predicted molar refractivity (Wildman–Crippen MR) is 62.8 cm³/mol. The molecule has 2 heterocycles. The number of hydrogen-bond donors (Lipinski definition) is 1. The number of hydrogen-bond acceptors (Lipinski definition) is 3. The Morgan fingerprint density at radius 2 is 2.47 bits per heavy atom. The standard InChI is InChI=1S/C11H15N3S/c1-9(10-6-13-14(2)8-10)12-7-11-4-3-5-15-11/h3-6,8-9,12H,7H2,1-2H3. The molecule has 0 spiro atoms. The van der Waals surface area contributed by atoms with E-state index < -0.39 is 0 Å². The van der Waals surface area contributed by atoms with Gasteiger partial charge in [0.05, 0.1) is 6.20 Å². The maximum atomic E-state index is 4.16. The molecule has 0 bridgehead atoms. The lowest BCUT2D eigenvalue weighted by Crippen LogP contribution is -2.16. The molecule has 0 saturated heterocycles. The van der Waals surface area contributed by atoms with Crippen LogP contribution in [0.2, 0.25) is 0 Å². The first-order valence-corrected chi connectivity index (χ1v) is 5.88. The van der Waals surface area contributed by atoms with Crippen LogP contribution in [0.4, 0.5) is 0 Å². The van der Waals surface area contributed by atoms with Crippen molar-refractivity contribution in [3.8, 4) is 0 Å². The number of thiophene rings is 1. The second-order valence-corrected chi connectivity index (χ2v) is 4.66. The zero-order valence-electron chi connectivity index (χ0n) is 8.97. The molecule has 1 atom stereocenters. The van der Waals surface area contributed by atoms with Gasteiger partial charge >= 0.3 is 0 Å². The van der Waals surface area contributed by atoms with Gasteiger partial charge in [0.1, 0.15) is 0 Å². The minimum atomic E-state index is 0.348. The number of nitrogens with zero attached hydrogens (tertiary/aromatic N) is 2. The molecule has 0 fully saturated rings. The summed E-state index contributed by atoms with van der Waals surface area (Å²) in [6, 6.07) is 4.57. The maximum Gasteiger partial charge on any atom is 0.0537 e. The fourth-order valence-corrected chi connectivity index (χ4v) is 2.10. The third kappa shape index (κ3) is 2.67. The lowest BCUT2D eigenvalue weighted by molar-refractivity contribution is 0.578. The number of aryl methyl sites for hydroxylation is 1. The smallest absolute Gasteiger partial charge is 0.0537 e. The Labute approximate surface area is 93.7 Å². The van der Waals surface area contributed by atoms with Crippen LogP contribution in [0.15, 0.2) is 29.9 Å². The quantitative estimate of drug-likeness (QED) is 0.858. The molecule has 0 saturated carbocycles. The van der Waals surface area contributed by atoms with E-state index in [4.69, 9.17) is 0 Å². The molecule has 0 aliphatic heterocycles. The fourth-order valence-electron chi connectivity index (χ4n) is 1.45. The van der Waals surface area contributed by atoms with Gasteiger partial charge in [0.2, 0.25) is 0 Å². The average molecular weight is 221 g/mol. The molecular formula is C11H15N3S. The van der Waals surface area contributed by atoms with Gasteiger partial charge in [-0.25, -0.2) is 0 Å². The van der Waals surface area contributed by atoms with Crippen molar-refractivity contribution in [3.63, 3.8) is 0 Å². The largest absolute Gasteiger partial charge is 0.305 e. The van der Waals surface area contributed by atoms with Crippen molar-refractivity contribution in [1.82, 2.24) is 15.1 Å². The Bertz CT molecular complexity index is 405. The van der Waals surface area contributed by atoms with Gasteiger partial charge in [-0.15, -0.1) is 11.3 Å². The first kappa shape index (κ1) is 10.4. The van der Waals surface area contributed by atoms with Crippen LogP contribution in [0.1, 0.15) is 23.4 Å². The summed E-state index contributed by atoms with van der Waals surface area (Å²) >= 11 is 1.78. The van der Waals surface area contributed by atoms with Crippen LogP contribution in [-0.2, 0) is 13.6 Å². The van der Waals surface area contributed by atoms with E-state index in [0.29, 0.717) is 6.04 Å². The van der Waals surface area contributed by atoms with Crippen LogP contribution in [0, 0.1) is 0 Å². The van der Waals surface area contributed by atoms with E-state index >= 15 is 0 Å². The van der Waals surface area contributed by atoms with E-state index in [2.05, 4.69) is 34.9 Å². The highest BCUT2D eigenvalue weighted by Gasteiger charge is 2.06. The monoisotopic (exact) mass is 221 g/mol. The minimum Gasteiger partial charge on any atom is -0.305 e. The van der Waals surface area contributed by atoms with Gasteiger partial charge in [-0.2, -0.15) is 5.10 Å². The SMILES string of the molecule is CC(NCc1cccs1)c1cnn(C)c1. The molecule has 0 aromatic carbocycles. The Hall–Kier alpha value is -1.13. The third-order valence-electron chi connectivity index (χ3n) is 2.39. The summed E-state index contributed by atoms with van der Waals surface area (Å²) in [6.07, 6.45) is 3.96. The molecule has 0 amide bonds. The Morgan fingerprint density at radius 3 is 3.07 bits per heavy atom. The highest BCUT2D eigenvalue weighted by molar-refractivity contribution is 7.09. The first-order valence-electron chi connectivity index (χ1n) is 5.00. The van der Waals surface area contributed by atoms with E-state index in [0.717, 1.165) is 6.54 Å². The molecule has 2 aromatic rings. The Balaban J connectivity index is 1.90. The molecule has 0 radical (unpaired) electrons. The number of aromatic nitrogens is 2. The van der Waals surface area contributed by atoms with Crippen LogP contribution in [-0.4, -0.2) is 9.78 Å². The lowest BCUT2D eigenvalue weighted by atomic mass is 10.2. The van der Waals surface area contributed by atoms with Gasteiger partial charge in [0.15, 0.2) is 0 Å². The number of nitrogens with one attached hydrogen (secondary N) is 1. The summed E-state index contributed by atoms with van der Waals surface area (Å²) in [6.45, 7) is 3.08. The van der Waals surface area contributed by atoms with Crippen molar-refractivity contribution in [2.45, 2.75) is 19.5 Å². The van der Waals surface area contributed by atoms with Crippen molar-refractivity contribution in [3.05, 3.63) is 40.3 Å². The van der Waals surface area contributed by atoms with Gasteiger partial charge in [0.25, 0.3) is 0 Å². The lowest BCUT2D eigenvalue weighted by Gasteiger charge is -2.10. The first-order chi connectivity index (χ1) is 7.25. The van der Waals surface area contributed by atoms with Crippen LogP contribution in [0.3, 0.4) is 0 Å². The Morgan fingerprint density at radius 1 is 1.60 bits per heavy atom. The third-order valence-corrected chi connectivity index (χ3v) is 3.26. The van der Waals surface area contributed by atoms with E-state index in [1.54, 1.807) is 11.3 Å². The summed E-state index contributed by atoms with van der Waals surface area (Å²) in [7, 11) is 1.94. The maximum absolute atomic E-state index is 4.16. The average Bonchev–Trinajstić information content (AvgIpc) is 2.84. The molecule has 1 unspecified atom stereocenters. The van der Waals surface area contributed by atoms with Crippen molar-refractivity contribution < 1.29 is 0 Å². The summed E-state index contributed by atoms with van der Waals surface area (Å²) in [5.41, 5.74) is 1.23. The highest BCUT2D eigenvalue weighted by Crippen LogP contribution is 2.13. The fraction of sp³-hybridized carbons (Fsp3) is 0.364. The van der Waals surface area contributed by atoms with E-state index in [9.17, 15) is 0 Å². The van der Waals surface area contributed by atoms with Crippen LogP contribution in [0.25, 0.3) is 0 Å². The number of rotatable bonds is 4. The minimum absolute atomic E-state index is 0.348. The molecule has 0 aliphatic rings. The predicted octanol–water partition coefficient (Wildman–Crippen LogP) is 2.33. The summed E-state index contributed by atoms with van der Waals surface area (Å²) in [5.74, 6) is 0. The topological polar surface area (TPSA) is 29.9 Å². The summed E-state index contributed by atoms with van der Waals surface area (Å²) in [5, 5.41) is 9.74. The summed E-state index contributed by atoms with van der Waals surface area (Å²) < 4.78 is 1.83. The van der Waals surface area contributed by atoms with Crippen LogP contribution in [0.5, 0.6) is 0 Å². The van der Waals surface area contributed by atoms with E-state index in [1.807, 2.05) is 24.1 Å². The van der Waals surface area contributed by atoms with Crippen LogP contribution < -0.4 is 5.32 Å². The normalized spacial score (nSPS) is 12.9. The molecule has 1 N–H and O–H groups in total. The molecule has 3 nitrogen and oxygen atoms in total. The summed E-state index contributed by atoms with van der Waals surface area (Å²) in [4.78, 5) is 1.37. The molecule has 0 aliphatic carbocycles. The van der Waals surface area contributed by atoms with Crippen LogP contribution >= 0.6 is 11.3 Å². The molecule has 2 aromatic heterocycles. The molecule has 2 rings (SSSR count). The second-order valence-electron chi connectivity index (χ2n) is 3.63. The molecule has 4 heteroatoms. The van der Waals surface area contributed by atoms with Gasteiger partial charge in [-0.3, -0.25) is 4.68 Å².